The summed E-state index contributed by atoms with van der Waals surface area (Å²) in [7, 11) is 1.93. The van der Waals surface area contributed by atoms with E-state index in [-0.39, 0.29) is 11.9 Å². The van der Waals surface area contributed by atoms with Gasteiger partial charge in [0.25, 0.3) is 0 Å². The van der Waals surface area contributed by atoms with Crippen LogP contribution in [-0.4, -0.2) is 29.4 Å². The van der Waals surface area contributed by atoms with E-state index in [1.165, 1.54) is 5.56 Å². The van der Waals surface area contributed by atoms with Crippen molar-refractivity contribution in [2.24, 2.45) is 0 Å². The number of nitrogens with one attached hydrogen (secondary N) is 1. The number of carbonyl (C=O) groups excluding carboxylic acids is 1. The lowest BCUT2D eigenvalue weighted by Gasteiger charge is -2.18. The van der Waals surface area contributed by atoms with Gasteiger partial charge in [-0.2, -0.15) is 0 Å². The minimum Gasteiger partial charge on any atom is -0.348 e. The number of aryl methyl sites for hydroxylation is 1. The fraction of sp³-hybridized carbons (Fsp3) is 0.375. The molecule has 0 bridgehead atoms. The second-order valence-electron chi connectivity index (χ2n) is 5.35. The molecule has 0 aliphatic carbocycles. The number of thiazole rings is 1. The Balaban J connectivity index is 1.82. The molecule has 21 heavy (non-hydrogen) atoms. The molecule has 0 aliphatic rings. The molecular weight excluding hydrogens is 282 g/mol. The molecule has 1 aromatic heterocycles. The summed E-state index contributed by atoms with van der Waals surface area (Å²) < 4.78 is 0. The Morgan fingerprint density at radius 3 is 2.71 bits per heavy atom. The number of likely N-dealkylation sites (N-methyl/N-ethyl adjacent to an activating group) is 1. The molecule has 0 saturated heterocycles. The van der Waals surface area contributed by atoms with Gasteiger partial charge in [0, 0.05) is 11.9 Å². The Kier molecular flexibility index (Phi) is 5.47. The van der Waals surface area contributed by atoms with Crippen molar-refractivity contribution < 1.29 is 4.79 Å². The number of hydrogen-bond donors (Lipinski definition) is 1. The Hall–Kier alpha value is -1.72. The third-order valence-corrected chi connectivity index (χ3v) is 3.92. The van der Waals surface area contributed by atoms with Gasteiger partial charge in [-0.3, -0.25) is 9.69 Å². The van der Waals surface area contributed by atoms with Crippen LogP contribution in [0.5, 0.6) is 0 Å². The lowest BCUT2D eigenvalue weighted by atomic mass is 10.1. The van der Waals surface area contributed by atoms with Gasteiger partial charge in [0.2, 0.25) is 5.91 Å². The van der Waals surface area contributed by atoms with Gasteiger partial charge in [0.15, 0.2) is 0 Å². The van der Waals surface area contributed by atoms with E-state index in [1.807, 2.05) is 29.8 Å². The van der Waals surface area contributed by atoms with Gasteiger partial charge < -0.3 is 5.32 Å². The molecule has 0 aliphatic heterocycles. The van der Waals surface area contributed by atoms with Gasteiger partial charge >= 0.3 is 0 Å². The van der Waals surface area contributed by atoms with E-state index in [4.69, 9.17) is 0 Å². The number of nitrogens with zero attached hydrogens (tertiary/aromatic N) is 2. The molecule has 2 rings (SSSR count). The first-order valence-corrected chi connectivity index (χ1v) is 7.90. The molecule has 1 N–H and O–H groups in total. The van der Waals surface area contributed by atoms with Crippen molar-refractivity contribution in [3.05, 3.63) is 52.0 Å². The average Bonchev–Trinajstić information content (AvgIpc) is 2.91. The summed E-state index contributed by atoms with van der Waals surface area (Å²) in [6.07, 6.45) is 0. The lowest BCUT2D eigenvalue weighted by Crippen LogP contribution is -2.36. The molecule has 2 aromatic rings. The number of benzene rings is 1. The minimum atomic E-state index is 0.0192. The number of amides is 1. The highest BCUT2D eigenvalue weighted by Crippen LogP contribution is 2.13. The highest BCUT2D eigenvalue weighted by molar-refractivity contribution is 7.07. The zero-order valence-electron chi connectivity index (χ0n) is 12.7. The van der Waals surface area contributed by atoms with Crippen LogP contribution in [0, 0.1) is 6.92 Å². The summed E-state index contributed by atoms with van der Waals surface area (Å²) in [5.74, 6) is 0.0285. The quantitative estimate of drug-likeness (QED) is 0.892. The summed E-state index contributed by atoms with van der Waals surface area (Å²) in [5, 5.41) is 5.03. The zero-order valence-corrected chi connectivity index (χ0v) is 13.5. The fourth-order valence-electron chi connectivity index (χ4n) is 2.12. The maximum Gasteiger partial charge on any atom is 0.234 e. The van der Waals surface area contributed by atoms with E-state index < -0.39 is 0 Å². The molecular formula is C16H21N3OS. The van der Waals surface area contributed by atoms with Crippen molar-refractivity contribution in [3.63, 3.8) is 0 Å². The van der Waals surface area contributed by atoms with Crippen molar-refractivity contribution in [1.82, 2.24) is 15.2 Å². The first-order chi connectivity index (χ1) is 10.0. The average molecular weight is 303 g/mol. The standard InChI is InChI=1S/C16H21N3OS/c1-12-4-6-14(7-5-12)13(2)18-16(20)9-19(3)8-15-10-21-11-17-15/h4-7,10-11,13H,8-9H2,1-3H3,(H,18,20). The van der Waals surface area contributed by atoms with Crippen LogP contribution >= 0.6 is 11.3 Å². The lowest BCUT2D eigenvalue weighted by molar-refractivity contribution is -0.122. The topological polar surface area (TPSA) is 45.2 Å². The van der Waals surface area contributed by atoms with Crippen LogP contribution in [0.1, 0.15) is 29.8 Å². The molecule has 5 heteroatoms. The number of rotatable bonds is 6. The molecule has 1 unspecified atom stereocenters. The summed E-state index contributed by atoms with van der Waals surface area (Å²) in [6.45, 7) is 5.12. The number of aromatic nitrogens is 1. The van der Waals surface area contributed by atoms with Crippen molar-refractivity contribution in [2.45, 2.75) is 26.4 Å². The minimum absolute atomic E-state index is 0.0192. The Morgan fingerprint density at radius 2 is 2.10 bits per heavy atom. The van der Waals surface area contributed by atoms with E-state index in [0.717, 1.165) is 11.3 Å². The molecule has 1 aromatic carbocycles. The predicted molar refractivity (Wildman–Crippen MR) is 86.2 cm³/mol. The van der Waals surface area contributed by atoms with Crippen LogP contribution in [0.25, 0.3) is 0 Å². The third kappa shape index (κ3) is 4.95. The summed E-state index contributed by atoms with van der Waals surface area (Å²) in [6, 6.07) is 8.25. The van der Waals surface area contributed by atoms with E-state index in [0.29, 0.717) is 13.1 Å². The van der Waals surface area contributed by atoms with Crippen LogP contribution in [0.2, 0.25) is 0 Å². The van der Waals surface area contributed by atoms with Crippen LogP contribution in [0.4, 0.5) is 0 Å². The molecule has 0 spiro atoms. The van der Waals surface area contributed by atoms with E-state index in [2.05, 4.69) is 41.5 Å². The van der Waals surface area contributed by atoms with E-state index in [1.54, 1.807) is 11.3 Å². The van der Waals surface area contributed by atoms with Crippen molar-refractivity contribution in [3.8, 4) is 0 Å². The largest absolute Gasteiger partial charge is 0.348 e. The maximum absolute atomic E-state index is 12.1. The smallest absolute Gasteiger partial charge is 0.234 e. The van der Waals surface area contributed by atoms with Crippen molar-refractivity contribution in [2.75, 3.05) is 13.6 Å². The Morgan fingerprint density at radius 1 is 1.38 bits per heavy atom. The predicted octanol–water partition coefficient (Wildman–Crippen LogP) is 2.76. The van der Waals surface area contributed by atoms with Crippen LogP contribution in [-0.2, 0) is 11.3 Å². The highest BCUT2D eigenvalue weighted by atomic mass is 32.1. The first kappa shape index (κ1) is 15.7. The van der Waals surface area contributed by atoms with Gasteiger partial charge in [0.05, 0.1) is 23.8 Å². The van der Waals surface area contributed by atoms with Gasteiger partial charge in [-0.05, 0) is 26.5 Å². The molecule has 0 fully saturated rings. The summed E-state index contributed by atoms with van der Waals surface area (Å²) in [5.41, 5.74) is 5.15. The molecule has 1 amide bonds. The second kappa shape index (κ2) is 7.33. The molecule has 4 nitrogen and oxygen atoms in total. The first-order valence-electron chi connectivity index (χ1n) is 6.96. The fourth-order valence-corrected chi connectivity index (χ4v) is 2.67. The van der Waals surface area contributed by atoms with Crippen molar-refractivity contribution >= 4 is 17.2 Å². The van der Waals surface area contributed by atoms with Gasteiger partial charge in [-0.15, -0.1) is 11.3 Å². The van der Waals surface area contributed by atoms with Gasteiger partial charge in [0.1, 0.15) is 0 Å². The second-order valence-corrected chi connectivity index (χ2v) is 6.07. The monoisotopic (exact) mass is 303 g/mol. The molecule has 1 atom stereocenters. The van der Waals surface area contributed by atoms with E-state index >= 15 is 0 Å². The molecule has 112 valence electrons. The normalized spacial score (nSPS) is 12.4. The number of carbonyl (C=O) groups is 1. The SMILES string of the molecule is Cc1ccc(C(C)NC(=O)CN(C)Cc2cscn2)cc1. The van der Waals surface area contributed by atoms with E-state index in [9.17, 15) is 4.79 Å². The van der Waals surface area contributed by atoms with Crippen LogP contribution in [0.15, 0.2) is 35.2 Å². The molecule has 0 radical (unpaired) electrons. The Bertz CT molecular complexity index is 566. The summed E-state index contributed by atoms with van der Waals surface area (Å²) >= 11 is 1.57. The number of hydrogen-bond acceptors (Lipinski definition) is 4. The molecule has 0 saturated carbocycles. The molecule has 1 heterocycles. The van der Waals surface area contributed by atoms with Crippen LogP contribution in [0.3, 0.4) is 0 Å². The van der Waals surface area contributed by atoms with Gasteiger partial charge in [-0.1, -0.05) is 29.8 Å². The summed E-state index contributed by atoms with van der Waals surface area (Å²) in [4.78, 5) is 18.3. The third-order valence-electron chi connectivity index (χ3n) is 3.28. The van der Waals surface area contributed by atoms with Gasteiger partial charge in [-0.25, -0.2) is 4.98 Å². The zero-order chi connectivity index (χ0) is 15.2. The maximum atomic E-state index is 12.1. The highest BCUT2D eigenvalue weighted by Gasteiger charge is 2.12. The van der Waals surface area contributed by atoms with Crippen molar-refractivity contribution in [1.29, 1.82) is 0 Å². The van der Waals surface area contributed by atoms with Crippen LogP contribution < -0.4 is 5.32 Å². The Labute approximate surface area is 129 Å².